The molecular weight excluding hydrogens is 866 g/mol. The number of anilines is 1. The fraction of sp³-hybridized carbons (Fsp3) is 0.333. The molecule has 2 amide bonds. The Bertz CT molecular complexity index is 1870. The van der Waals surface area contributed by atoms with E-state index in [1.807, 2.05) is 72.8 Å². The largest absolute Gasteiger partial charge is 0.489 e. The van der Waals surface area contributed by atoms with Crippen LogP contribution in [-0.2, 0) is 14.0 Å². The van der Waals surface area contributed by atoms with Crippen molar-refractivity contribution in [1.82, 2.24) is 4.90 Å². The molecule has 1 aliphatic rings. The van der Waals surface area contributed by atoms with Gasteiger partial charge in [-0.15, -0.1) is 0 Å². The van der Waals surface area contributed by atoms with Crippen molar-refractivity contribution in [3.05, 3.63) is 140 Å². The molecule has 0 bridgehead atoms. The van der Waals surface area contributed by atoms with Crippen molar-refractivity contribution in [3.63, 3.8) is 0 Å². The highest BCUT2D eigenvalue weighted by Crippen LogP contribution is 2.44. The lowest BCUT2D eigenvalue weighted by atomic mass is 9.85. The summed E-state index contributed by atoms with van der Waals surface area (Å²) < 4.78 is 34.9. The average Bonchev–Trinajstić information content (AvgIpc) is 3.52. The molecule has 5 rings (SSSR count). The quantitative estimate of drug-likeness (QED) is 0.0727. The summed E-state index contributed by atoms with van der Waals surface area (Å²) in [6.45, 7) is 15.1. The van der Waals surface area contributed by atoms with E-state index in [0.717, 1.165) is 30.4 Å². The smallest absolute Gasteiger partial charge is 0.417 e. The van der Waals surface area contributed by atoms with Crippen LogP contribution in [-0.4, -0.2) is 38.4 Å². The van der Waals surface area contributed by atoms with Crippen LogP contribution in [0.2, 0.25) is 18.1 Å². The summed E-state index contributed by atoms with van der Waals surface area (Å²) in [6.07, 6.45) is 1.28. The summed E-state index contributed by atoms with van der Waals surface area (Å²) in [5.41, 5.74) is 3.16. The van der Waals surface area contributed by atoms with Crippen LogP contribution in [0.3, 0.4) is 0 Å². The molecule has 53 heavy (non-hydrogen) atoms. The lowest BCUT2D eigenvalue weighted by Crippen LogP contribution is -2.43. The van der Waals surface area contributed by atoms with Crippen LogP contribution in [0, 0.1) is 15.3 Å². The monoisotopic (exact) mass is 912 g/mol. The van der Waals surface area contributed by atoms with Gasteiger partial charge in [0, 0.05) is 19.3 Å². The molecule has 0 spiro atoms. The first kappa shape index (κ1) is 40.7. The summed E-state index contributed by atoms with van der Waals surface area (Å²) in [7, 11) is -2.36. The zero-order chi connectivity index (χ0) is 38.3. The predicted molar refractivity (Wildman–Crippen MR) is 223 cm³/mol. The Kier molecular flexibility index (Phi) is 13.6. The summed E-state index contributed by atoms with van der Waals surface area (Å²) >= 11 is 5.78. The summed E-state index contributed by atoms with van der Waals surface area (Å²) in [5.74, 6) is -0.931. The van der Waals surface area contributed by atoms with Gasteiger partial charge >= 0.3 is 6.09 Å². The number of nitrogens with zero attached hydrogens (tertiary/aromatic N) is 1. The van der Waals surface area contributed by atoms with Gasteiger partial charge in [-0.2, -0.15) is 0 Å². The number of ether oxygens (including phenoxy) is 2. The van der Waals surface area contributed by atoms with E-state index in [1.54, 1.807) is 18.2 Å². The third-order valence-corrected chi connectivity index (χ3v) is 15.8. The fourth-order valence-electron chi connectivity index (χ4n) is 6.19. The van der Waals surface area contributed by atoms with Crippen molar-refractivity contribution in [2.75, 3.05) is 18.5 Å². The number of hydrogen-bond donors (Lipinski definition) is 1. The number of cyclic esters (lactones) is 1. The van der Waals surface area contributed by atoms with Crippen molar-refractivity contribution >= 4 is 64.5 Å². The third kappa shape index (κ3) is 10.2. The second-order valence-corrected chi connectivity index (χ2v) is 21.6. The normalized spacial score (nSPS) is 16.4. The molecule has 0 aromatic heterocycles. The maximum atomic E-state index is 15.3. The number of rotatable bonds is 15. The molecule has 0 radical (unpaired) electrons. The molecule has 0 aliphatic carbocycles. The number of carbonyl (C=O) groups is 2. The number of imide groups is 1. The van der Waals surface area contributed by atoms with E-state index in [0.29, 0.717) is 18.6 Å². The number of nitrogens with one attached hydrogen (secondary N) is 1. The second kappa shape index (κ2) is 17.7. The van der Waals surface area contributed by atoms with Crippen molar-refractivity contribution in [3.8, 4) is 5.75 Å². The lowest BCUT2D eigenvalue weighted by Gasteiger charge is -2.40. The van der Waals surface area contributed by atoms with Gasteiger partial charge in [0.1, 0.15) is 30.8 Å². The van der Waals surface area contributed by atoms with Gasteiger partial charge in [-0.05, 0) is 113 Å². The van der Waals surface area contributed by atoms with Gasteiger partial charge in [-0.3, -0.25) is 4.79 Å². The Morgan fingerprint density at radius 2 is 1.74 bits per heavy atom. The van der Waals surface area contributed by atoms with Crippen molar-refractivity contribution in [1.29, 1.82) is 0 Å². The molecule has 4 atom stereocenters. The molecule has 4 aromatic carbocycles. The maximum absolute atomic E-state index is 15.3. The SMILES string of the molecule is C=CCOc1cc(I)ccc1[C@@H](Nc1ccc(Br)cc1)[C@@H](CC[C@H](O[Si](C)(C)C(C)(C)C)c1ccc(F)cc1)C(=O)N1C(=O)OC[C@H]1c1ccccc1. The molecule has 1 fully saturated rings. The van der Waals surface area contributed by atoms with Crippen molar-refractivity contribution in [2.24, 2.45) is 5.92 Å². The average molecular weight is 914 g/mol. The molecule has 1 heterocycles. The van der Waals surface area contributed by atoms with Crippen molar-refractivity contribution < 1.29 is 27.9 Å². The van der Waals surface area contributed by atoms with Gasteiger partial charge < -0.3 is 19.2 Å². The molecule has 1 N–H and O–H groups in total. The molecule has 11 heteroatoms. The number of halogens is 3. The van der Waals surface area contributed by atoms with E-state index in [1.165, 1.54) is 17.0 Å². The van der Waals surface area contributed by atoms with Crippen LogP contribution in [0.15, 0.2) is 114 Å². The molecule has 0 unspecified atom stereocenters. The predicted octanol–water partition coefficient (Wildman–Crippen LogP) is 11.8. The van der Waals surface area contributed by atoms with Crippen LogP contribution >= 0.6 is 38.5 Å². The summed E-state index contributed by atoms with van der Waals surface area (Å²) in [6, 6.07) is 28.2. The maximum Gasteiger partial charge on any atom is 0.417 e. The van der Waals surface area contributed by atoms with Gasteiger partial charge in [0.2, 0.25) is 5.91 Å². The van der Waals surface area contributed by atoms with E-state index >= 15 is 4.79 Å². The Labute approximate surface area is 335 Å². The van der Waals surface area contributed by atoms with E-state index in [-0.39, 0.29) is 30.0 Å². The fourth-order valence-corrected chi connectivity index (χ4v) is 8.24. The first-order valence-corrected chi connectivity index (χ1v) is 22.5. The van der Waals surface area contributed by atoms with E-state index in [4.69, 9.17) is 13.9 Å². The van der Waals surface area contributed by atoms with Crippen LogP contribution in [0.4, 0.5) is 14.9 Å². The van der Waals surface area contributed by atoms with Gasteiger partial charge in [0.15, 0.2) is 8.32 Å². The van der Waals surface area contributed by atoms with E-state index in [2.05, 4.69) is 84.3 Å². The zero-order valence-electron chi connectivity index (χ0n) is 30.8. The second-order valence-electron chi connectivity index (χ2n) is 14.7. The standard InChI is InChI=1S/C42H47BrFIN2O5Si/c1-7-25-50-38-26-32(45)19-22-34(38)39(46-33-20-15-30(43)16-21-33)35(40(48)47-36(27-51-41(47)49)28-11-9-8-10-12-28)23-24-37(29-13-17-31(44)18-14-29)52-53(5,6)42(2,3)4/h7-22,26,35-37,39,46H,1,23-25,27H2,2-6H3/t35-,36+,37+,39-/m1/s1. The molecule has 4 aromatic rings. The highest BCUT2D eigenvalue weighted by molar-refractivity contribution is 14.1. The molecular formula is C42H47BrFIN2O5Si. The minimum atomic E-state index is -2.36. The first-order valence-electron chi connectivity index (χ1n) is 17.7. The lowest BCUT2D eigenvalue weighted by molar-refractivity contribution is -0.134. The Hall–Kier alpha value is -3.52. The third-order valence-electron chi connectivity index (χ3n) is 10.1. The first-order chi connectivity index (χ1) is 25.2. The molecule has 1 saturated heterocycles. The minimum absolute atomic E-state index is 0.0516. The number of hydrogen-bond acceptors (Lipinski definition) is 6. The van der Waals surface area contributed by atoms with Crippen LogP contribution in [0.25, 0.3) is 0 Å². The van der Waals surface area contributed by atoms with Gasteiger partial charge in [0.25, 0.3) is 0 Å². The molecule has 1 aliphatic heterocycles. The van der Waals surface area contributed by atoms with Gasteiger partial charge in [0.05, 0.1) is 18.1 Å². The van der Waals surface area contributed by atoms with Crippen LogP contribution in [0.5, 0.6) is 5.75 Å². The minimum Gasteiger partial charge on any atom is -0.489 e. The van der Waals surface area contributed by atoms with Crippen LogP contribution in [0.1, 0.15) is 68.5 Å². The highest BCUT2D eigenvalue weighted by atomic mass is 127. The highest BCUT2D eigenvalue weighted by Gasteiger charge is 2.45. The summed E-state index contributed by atoms with van der Waals surface area (Å²) in [4.78, 5) is 30.1. The topological polar surface area (TPSA) is 77.1 Å². The molecule has 280 valence electrons. The molecule has 7 nitrogen and oxygen atoms in total. The van der Waals surface area contributed by atoms with E-state index < -0.39 is 38.5 Å². The number of benzene rings is 4. The zero-order valence-corrected chi connectivity index (χ0v) is 35.5. The van der Waals surface area contributed by atoms with Crippen LogP contribution < -0.4 is 10.1 Å². The Balaban J connectivity index is 1.65. The van der Waals surface area contributed by atoms with Gasteiger partial charge in [-0.1, -0.05) is 97.9 Å². The summed E-state index contributed by atoms with van der Waals surface area (Å²) in [5, 5.41) is 3.56. The Morgan fingerprint density at radius 3 is 2.38 bits per heavy atom. The Morgan fingerprint density at radius 1 is 1.06 bits per heavy atom. The molecule has 0 saturated carbocycles. The number of amides is 2. The van der Waals surface area contributed by atoms with Crippen molar-refractivity contribution in [2.45, 2.75) is 69.9 Å². The van der Waals surface area contributed by atoms with Gasteiger partial charge in [-0.25, -0.2) is 14.1 Å². The number of carbonyl (C=O) groups excluding carboxylic acids is 2. The van der Waals surface area contributed by atoms with E-state index in [9.17, 15) is 9.18 Å².